The number of hydrogen-bond acceptors (Lipinski definition) is 3. The second-order valence-electron chi connectivity index (χ2n) is 3.90. The highest BCUT2D eigenvalue weighted by atomic mass is 79.9. The van der Waals surface area contributed by atoms with Crippen molar-refractivity contribution in [1.29, 1.82) is 0 Å². The van der Waals surface area contributed by atoms with Crippen molar-refractivity contribution < 1.29 is 0 Å². The molecule has 2 aromatic rings. The van der Waals surface area contributed by atoms with Crippen LogP contribution in [0.4, 0.5) is 0 Å². The van der Waals surface area contributed by atoms with Crippen LogP contribution in [0.2, 0.25) is 0 Å². The van der Waals surface area contributed by atoms with E-state index in [4.69, 9.17) is 0 Å². The summed E-state index contributed by atoms with van der Waals surface area (Å²) in [4.78, 5) is 0. The number of nitrogens with one attached hydrogen (secondary N) is 1. The Morgan fingerprint density at radius 2 is 2.35 bits per heavy atom. The minimum atomic E-state index is 0.330. The Labute approximate surface area is 109 Å². The minimum Gasteiger partial charge on any atom is -0.308 e. The molecule has 0 spiro atoms. The van der Waals surface area contributed by atoms with Crippen LogP contribution in [0.25, 0.3) is 0 Å². The van der Waals surface area contributed by atoms with Crippen molar-refractivity contribution >= 4 is 15.9 Å². The van der Waals surface area contributed by atoms with Crippen LogP contribution < -0.4 is 5.32 Å². The zero-order valence-corrected chi connectivity index (χ0v) is 11.3. The minimum absolute atomic E-state index is 0.330. The number of benzene rings is 1. The zero-order chi connectivity index (χ0) is 12.1. The maximum Gasteiger partial charge on any atom is 0.0692 e. The molecular weight excluding hydrogens is 280 g/mol. The average molecular weight is 295 g/mol. The molecule has 0 aliphatic carbocycles. The first-order valence-corrected chi connectivity index (χ1v) is 6.38. The molecule has 0 bridgehead atoms. The summed E-state index contributed by atoms with van der Waals surface area (Å²) in [6.07, 6.45) is 3.56. The Morgan fingerprint density at radius 3 is 3.06 bits per heavy atom. The van der Waals surface area contributed by atoms with Crippen LogP contribution in [0.15, 0.2) is 41.1 Å². The summed E-state index contributed by atoms with van der Waals surface area (Å²) < 4.78 is 2.93. The predicted octanol–water partition coefficient (Wildman–Crippen LogP) is 2.39. The van der Waals surface area contributed by atoms with Gasteiger partial charge in [0.15, 0.2) is 0 Å². The normalized spacial score (nSPS) is 12.6. The number of hydrogen-bond donors (Lipinski definition) is 1. The van der Waals surface area contributed by atoms with Gasteiger partial charge in [-0.1, -0.05) is 33.3 Å². The molecule has 1 aromatic heterocycles. The summed E-state index contributed by atoms with van der Waals surface area (Å²) in [5.41, 5.74) is 1.28. The SMILES string of the molecule is CC(NCCn1ccnn1)c1cccc(Br)c1. The largest absolute Gasteiger partial charge is 0.308 e. The standard InChI is InChI=1S/C12H15BrN4/c1-10(11-3-2-4-12(13)9-11)14-5-7-17-8-6-15-16-17/h2-4,6,8-10,14H,5,7H2,1H3. The first-order valence-electron chi connectivity index (χ1n) is 5.58. The van der Waals surface area contributed by atoms with Gasteiger partial charge in [0, 0.05) is 23.3 Å². The summed E-state index contributed by atoms with van der Waals surface area (Å²) in [5.74, 6) is 0. The van der Waals surface area contributed by atoms with Crippen molar-refractivity contribution in [1.82, 2.24) is 20.3 Å². The van der Waals surface area contributed by atoms with Gasteiger partial charge in [-0.15, -0.1) is 5.10 Å². The van der Waals surface area contributed by atoms with Crippen LogP contribution in [0.3, 0.4) is 0 Å². The van der Waals surface area contributed by atoms with Gasteiger partial charge in [0.1, 0.15) is 0 Å². The zero-order valence-electron chi connectivity index (χ0n) is 9.68. The molecule has 1 heterocycles. The first kappa shape index (κ1) is 12.3. The highest BCUT2D eigenvalue weighted by Crippen LogP contribution is 2.17. The molecule has 1 N–H and O–H groups in total. The lowest BCUT2D eigenvalue weighted by atomic mass is 10.1. The van der Waals surface area contributed by atoms with E-state index in [2.05, 4.69) is 56.7 Å². The smallest absolute Gasteiger partial charge is 0.0692 e. The molecule has 1 aromatic carbocycles. The Kier molecular flexibility index (Phi) is 4.28. The van der Waals surface area contributed by atoms with Crippen molar-refractivity contribution in [3.05, 3.63) is 46.7 Å². The summed E-state index contributed by atoms with van der Waals surface area (Å²) in [6, 6.07) is 8.67. The molecule has 4 nitrogen and oxygen atoms in total. The van der Waals surface area contributed by atoms with E-state index < -0.39 is 0 Å². The molecule has 1 unspecified atom stereocenters. The third kappa shape index (κ3) is 3.64. The third-order valence-electron chi connectivity index (χ3n) is 2.61. The Hall–Kier alpha value is -1.20. The van der Waals surface area contributed by atoms with Gasteiger partial charge < -0.3 is 5.32 Å². The van der Waals surface area contributed by atoms with Crippen LogP contribution in [0.5, 0.6) is 0 Å². The topological polar surface area (TPSA) is 42.7 Å². The van der Waals surface area contributed by atoms with Gasteiger partial charge in [0.05, 0.1) is 12.7 Å². The van der Waals surface area contributed by atoms with E-state index in [1.54, 1.807) is 6.20 Å². The summed E-state index contributed by atoms with van der Waals surface area (Å²) in [6.45, 7) is 3.86. The number of halogens is 1. The van der Waals surface area contributed by atoms with Crippen LogP contribution in [-0.4, -0.2) is 21.5 Å². The van der Waals surface area contributed by atoms with Gasteiger partial charge >= 0.3 is 0 Å². The lowest BCUT2D eigenvalue weighted by Crippen LogP contribution is -2.23. The predicted molar refractivity (Wildman–Crippen MR) is 70.6 cm³/mol. The molecule has 0 saturated carbocycles. The van der Waals surface area contributed by atoms with Crippen LogP contribution in [-0.2, 0) is 6.54 Å². The third-order valence-corrected chi connectivity index (χ3v) is 3.11. The number of nitrogens with zero attached hydrogens (tertiary/aromatic N) is 3. The van der Waals surface area contributed by atoms with E-state index in [1.807, 2.05) is 16.9 Å². The van der Waals surface area contributed by atoms with Gasteiger partial charge in [0.25, 0.3) is 0 Å². The molecule has 0 amide bonds. The van der Waals surface area contributed by atoms with Gasteiger partial charge in [-0.3, -0.25) is 4.68 Å². The lowest BCUT2D eigenvalue weighted by molar-refractivity contribution is 0.499. The highest BCUT2D eigenvalue weighted by molar-refractivity contribution is 9.10. The fraction of sp³-hybridized carbons (Fsp3) is 0.333. The Morgan fingerprint density at radius 1 is 1.47 bits per heavy atom. The summed E-state index contributed by atoms with van der Waals surface area (Å²) in [7, 11) is 0. The fourth-order valence-electron chi connectivity index (χ4n) is 1.64. The van der Waals surface area contributed by atoms with Crippen molar-refractivity contribution in [3.8, 4) is 0 Å². The molecule has 1 atom stereocenters. The molecule has 0 aliphatic rings. The van der Waals surface area contributed by atoms with E-state index in [0.29, 0.717) is 6.04 Å². The Bertz CT molecular complexity index is 455. The monoisotopic (exact) mass is 294 g/mol. The van der Waals surface area contributed by atoms with Crippen LogP contribution >= 0.6 is 15.9 Å². The molecule has 0 radical (unpaired) electrons. The van der Waals surface area contributed by atoms with Crippen molar-refractivity contribution in [3.63, 3.8) is 0 Å². The van der Waals surface area contributed by atoms with Crippen molar-refractivity contribution in [2.45, 2.75) is 19.5 Å². The maximum atomic E-state index is 3.92. The summed E-state index contributed by atoms with van der Waals surface area (Å²) in [5, 5.41) is 11.1. The van der Waals surface area contributed by atoms with Gasteiger partial charge in [0.2, 0.25) is 0 Å². The van der Waals surface area contributed by atoms with E-state index >= 15 is 0 Å². The molecule has 0 saturated heterocycles. The second kappa shape index (κ2) is 5.93. The maximum absolute atomic E-state index is 3.92. The molecule has 90 valence electrons. The quantitative estimate of drug-likeness (QED) is 0.921. The van der Waals surface area contributed by atoms with Gasteiger partial charge in [-0.2, -0.15) is 0 Å². The molecule has 0 aliphatic heterocycles. The molecule has 2 rings (SSSR count). The van der Waals surface area contributed by atoms with E-state index in [-0.39, 0.29) is 0 Å². The molecule has 5 heteroatoms. The molecule has 0 fully saturated rings. The van der Waals surface area contributed by atoms with Gasteiger partial charge in [-0.25, -0.2) is 0 Å². The van der Waals surface area contributed by atoms with Gasteiger partial charge in [-0.05, 0) is 24.6 Å². The second-order valence-corrected chi connectivity index (χ2v) is 4.81. The van der Waals surface area contributed by atoms with E-state index in [0.717, 1.165) is 17.6 Å². The first-order chi connectivity index (χ1) is 8.25. The lowest BCUT2D eigenvalue weighted by Gasteiger charge is -2.14. The fourth-order valence-corrected chi connectivity index (χ4v) is 2.06. The van der Waals surface area contributed by atoms with E-state index in [9.17, 15) is 0 Å². The number of aromatic nitrogens is 3. The molecule has 17 heavy (non-hydrogen) atoms. The van der Waals surface area contributed by atoms with E-state index in [1.165, 1.54) is 5.56 Å². The summed E-state index contributed by atoms with van der Waals surface area (Å²) >= 11 is 3.48. The van der Waals surface area contributed by atoms with Crippen molar-refractivity contribution in [2.24, 2.45) is 0 Å². The Balaban J connectivity index is 1.83. The molecular formula is C12H15BrN4. The van der Waals surface area contributed by atoms with Crippen LogP contribution in [0, 0.1) is 0 Å². The highest BCUT2D eigenvalue weighted by Gasteiger charge is 2.04. The number of rotatable bonds is 5. The van der Waals surface area contributed by atoms with Crippen molar-refractivity contribution in [2.75, 3.05) is 6.54 Å². The average Bonchev–Trinajstić information content (AvgIpc) is 2.82. The van der Waals surface area contributed by atoms with Crippen LogP contribution in [0.1, 0.15) is 18.5 Å².